The van der Waals surface area contributed by atoms with Crippen molar-refractivity contribution < 1.29 is 0 Å². The maximum atomic E-state index is 10.6. The molecule has 51 heavy (non-hydrogen) atoms. The van der Waals surface area contributed by atoms with Gasteiger partial charge in [-0.1, -0.05) is 91.9 Å². The molecule has 238 valence electrons. The number of fused-ring (bicyclic) bond motifs is 6. The molecular formula is C46H29N5. The molecule has 0 radical (unpaired) electrons. The molecule has 1 unspecified atom stereocenters. The number of rotatable bonds is 4. The van der Waals surface area contributed by atoms with Crippen LogP contribution in [-0.4, -0.2) is 9.13 Å². The van der Waals surface area contributed by atoms with E-state index in [-0.39, 0.29) is 5.92 Å². The van der Waals surface area contributed by atoms with Gasteiger partial charge >= 0.3 is 0 Å². The maximum absolute atomic E-state index is 10.6. The van der Waals surface area contributed by atoms with E-state index >= 15 is 0 Å². The van der Waals surface area contributed by atoms with Crippen LogP contribution < -0.4 is 0 Å². The third kappa shape index (κ3) is 4.59. The summed E-state index contributed by atoms with van der Waals surface area (Å²) >= 11 is 0. The largest absolute Gasteiger partial charge is 0.310 e. The fourth-order valence-electron chi connectivity index (χ4n) is 7.95. The lowest BCUT2D eigenvalue weighted by Crippen LogP contribution is -2.08. The lowest BCUT2D eigenvalue weighted by Gasteiger charge is -2.25. The van der Waals surface area contributed by atoms with Gasteiger partial charge in [0.15, 0.2) is 0 Å². The molecule has 0 N–H and O–H groups in total. The van der Waals surface area contributed by atoms with Crippen molar-refractivity contribution in [3.8, 4) is 35.0 Å². The van der Waals surface area contributed by atoms with Crippen molar-refractivity contribution in [1.29, 1.82) is 15.8 Å². The van der Waals surface area contributed by atoms with Gasteiger partial charge < -0.3 is 9.13 Å². The minimum atomic E-state index is 0.238. The zero-order valence-corrected chi connectivity index (χ0v) is 27.8. The van der Waals surface area contributed by atoms with E-state index < -0.39 is 0 Å². The summed E-state index contributed by atoms with van der Waals surface area (Å²) in [5.74, 6) is 0.238. The fourth-order valence-corrected chi connectivity index (χ4v) is 7.95. The van der Waals surface area contributed by atoms with Crippen LogP contribution in [0.15, 0.2) is 140 Å². The summed E-state index contributed by atoms with van der Waals surface area (Å²) in [6, 6.07) is 49.9. The molecular weight excluding hydrogens is 623 g/mol. The highest BCUT2D eigenvalue weighted by atomic mass is 15.0. The summed E-state index contributed by atoms with van der Waals surface area (Å²) in [5, 5.41) is 34.4. The minimum absolute atomic E-state index is 0.238. The normalized spacial score (nSPS) is 14.3. The van der Waals surface area contributed by atoms with Crippen molar-refractivity contribution in [2.75, 3.05) is 0 Å². The van der Waals surface area contributed by atoms with Gasteiger partial charge in [-0.3, -0.25) is 0 Å². The van der Waals surface area contributed by atoms with E-state index in [1.54, 1.807) is 0 Å². The van der Waals surface area contributed by atoms with Crippen molar-refractivity contribution in [3.63, 3.8) is 0 Å². The lowest BCUT2D eigenvalue weighted by molar-refractivity contribution is 0.757. The molecule has 0 spiro atoms. The smallest absolute Gasteiger partial charge is 0.101 e. The summed E-state index contributed by atoms with van der Waals surface area (Å²) < 4.78 is 4.47. The second-order valence-corrected chi connectivity index (χ2v) is 13.1. The number of para-hydroxylation sites is 3. The van der Waals surface area contributed by atoms with Crippen LogP contribution in [0.4, 0.5) is 0 Å². The summed E-state index contributed by atoms with van der Waals surface area (Å²) in [6.07, 6.45) is 5.48. The van der Waals surface area contributed by atoms with Gasteiger partial charge in [-0.15, -0.1) is 0 Å². The molecule has 9 rings (SSSR count). The van der Waals surface area contributed by atoms with Crippen LogP contribution in [0, 0.1) is 39.9 Å². The number of allylic oxidation sites excluding steroid dienone is 4. The first-order chi connectivity index (χ1) is 25.1. The average molecular weight is 652 g/mol. The molecule has 2 heterocycles. The SMILES string of the molecule is CC1CC=C(n2c3ccccc3c3cc(C#N)ccc32)C=C1c1ccccc1-c1cccc(C#N)c1-n1c2ccccc2c2ccc(C#N)cc21. The lowest BCUT2D eigenvalue weighted by atomic mass is 9.83. The summed E-state index contributed by atoms with van der Waals surface area (Å²) in [7, 11) is 0. The number of aromatic nitrogens is 2. The Morgan fingerprint density at radius 3 is 1.90 bits per heavy atom. The van der Waals surface area contributed by atoms with Crippen molar-refractivity contribution in [2.45, 2.75) is 13.3 Å². The summed E-state index contributed by atoms with van der Waals surface area (Å²) in [6.45, 7) is 2.27. The molecule has 1 atom stereocenters. The van der Waals surface area contributed by atoms with E-state index in [0.717, 1.165) is 78.1 Å². The van der Waals surface area contributed by atoms with Gasteiger partial charge in [0, 0.05) is 32.8 Å². The van der Waals surface area contributed by atoms with E-state index in [9.17, 15) is 15.8 Å². The van der Waals surface area contributed by atoms with E-state index in [0.29, 0.717) is 16.7 Å². The second-order valence-electron chi connectivity index (χ2n) is 13.1. The van der Waals surface area contributed by atoms with Crippen LogP contribution in [0.1, 0.15) is 35.6 Å². The molecule has 0 aliphatic heterocycles. The Balaban J connectivity index is 1.29. The molecule has 0 bridgehead atoms. The maximum Gasteiger partial charge on any atom is 0.101 e. The second kappa shape index (κ2) is 11.8. The molecule has 5 heteroatoms. The van der Waals surface area contributed by atoms with Crippen LogP contribution in [0.5, 0.6) is 0 Å². The van der Waals surface area contributed by atoms with E-state index in [4.69, 9.17) is 0 Å². The number of nitriles is 3. The van der Waals surface area contributed by atoms with Crippen molar-refractivity contribution in [2.24, 2.45) is 5.92 Å². The van der Waals surface area contributed by atoms with Gasteiger partial charge in [0.05, 0.1) is 56.6 Å². The zero-order chi connectivity index (χ0) is 34.6. The van der Waals surface area contributed by atoms with Crippen LogP contribution in [0.25, 0.3) is 71.7 Å². The minimum Gasteiger partial charge on any atom is -0.310 e. The average Bonchev–Trinajstić information content (AvgIpc) is 3.69. The first-order valence-corrected chi connectivity index (χ1v) is 17.0. The molecule has 0 fully saturated rings. The van der Waals surface area contributed by atoms with Gasteiger partial charge in [0.2, 0.25) is 0 Å². The summed E-state index contributed by atoms with van der Waals surface area (Å²) in [4.78, 5) is 0. The molecule has 8 aromatic rings. The third-order valence-corrected chi connectivity index (χ3v) is 10.3. The number of hydrogen-bond donors (Lipinski definition) is 0. The van der Waals surface area contributed by atoms with Gasteiger partial charge in [0.1, 0.15) is 6.07 Å². The Bertz CT molecular complexity index is 2950. The first-order valence-electron chi connectivity index (χ1n) is 17.0. The van der Waals surface area contributed by atoms with Crippen molar-refractivity contribution in [3.05, 3.63) is 162 Å². The number of hydrogen-bond acceptors (Lipinski definition) is 3. The van der Waals surface area contributed by atoms with Gasteiger partial charge in [-0.05, 0) is 83.6 Å². The highest BCUT2D eigenvalue weighted by Gasteiger charge is 2.25. The predicted octanol–water partition coefficient (Wildman–Crippen LogP) is 11.1. The molecule has 0 saturated carbocycles. The van der Waals surface area contributed by atoms with Gasteiger partial charge in [-0.25, -0.2) is 0 Å². The monoisotopic (exact) mass is 651 g/mol. The van der Waals surface area contributed by atoms with Crippen LogP contribution >= 0.6 is 0 Å². The Hall–Kier alpha value is -7.13. The number of nitrogens with zero attached hydrogens (tertiary/aromatic N) is 5. The highest BCUT2D eigenvalue weighted by Crippen LogP contribution is 2.44. The van der Waals surface area contributed by atoms with E-state index in [1.807, 2.05) is 60.7 Å². The highest BCUT2D eigenvalue weighted by molar-refractivity contribution is 6.12. The Morgan fingerprint density at radius 2 is 1.14 bits per heavy atom. The zero-order valence-electron chi connectivity index (χ0n) is 27.8. The standard InChI is InChI=1S/C46H29N5/c1-29-17-20-33(50-42-15-6-5-13-37(42)41-23-30(26-47)19-22-44(41)50)25-40(29)35-11-3-2-10-34(35)39-14-8-9-32(28-49)46(39)51-43-16-7-4-12-36(43)38-21-18-31(27-48)24-45(38)51/h2-16,18-25,29H,17H2,1H3. The Morgan fingerprint density at radius 1 is 0.529 bits per heavy atom. The number of benzene rings is 6. The molecule has 0 saturated heterocycles. The van der Waals surface area contributed by atoms with Crippen molar-refractivity contribution >= 4 is 54.9 Å². The fraction of sp³-hybridized carbons (Fsp3) is 0.0652. The molecule has 1 aliphatic carbocycles. The van der Waals surface area contributed by atoms with E-state index in [1.165, 1.54) is 5.57 Å². The van der Waals surface area contributed by atoms with Crippen LogP contribution in [0.2, 0.25) is 0 Å². The first kappa shape index (κ1) is 30.0. The molecule has 0 amide bonds. The molecule has 5 nitrogen and oxygen atoms in total. The Kier molecular flexibility index (Phi) is 6.92. The van der Waals surface area contributed by atoms with Crippen LogP contribution in [0.3, 0.4) is 0 Å². The molecule has 6 aromatic carbocycles. The van der Waals surface area contributed by atoms with Gasteiger partial charge in [-0.2, -0.15) is 15.8 Å². The topological polar surface area (TPSA) is 81.2 Å². The van der Waals surface area contributed by atoms with Gasteiger partial charge in [0.25, 0.3) is 0 Å². The van der Waals surface area contributed by atoms with E-state index in [2.05, 4.69) is 113 Å². The molecule has 2 aromatic heterocycles. The van der Waals surface area contributed by atoms with Crippen LogP contribution in [-0.2, 0) is 0 Å². The predicted molar refractivity (Wildman–Crippen MR) is 206 cm³/mol. The summed E-state index contributed by atoms with van der Waals surface area (Å²) in [5.41, 5.74) is 12.0. The third-order valence-electron chi connectivity index (χ3n) is 10.3. The Labute approximate surface area is 295 Å². The van der Waals surface area contributed by atoms with Crippen molar-refractivity contribution in [1.82, 2.24) is 9.13 Å². The molecule has 1 aliphatic rings. The quantitative estimate of drug-likeness (QED) is 0.190.